The Morgan fingerprint density at radius 1 is 1.36 bits per heavy atom. The summed E-state index contributed by atoms with van der Waals surface area (Å²) in [6.07, 6.45) is -1.92. The van der Waals surface area contributed by atoms with Gasteiger partial charge in [0.1, 0.15) is 0 Å². The minimum absolute atomic E-state index is 0.141. The predicted octanol–water partition coefficient (Wildman–Crippen LogP) is 1.61. The SMILES string of the molecule is O=C(O)/C(=N\O)C(F)c1ccccc1. The molecule has 74 valence electrons. The van der Waals surface area contributed by atoms with Crippen LogP contribution in [0, 0.1) is 0 Å². The van der Waals surface area contributed by atoms with Gasteiger partial charge < -0.3 is 10.3 Å². The van der Waals surface area contributed by atoms with Gasteiger partial charge in [0.2, 0.25) is 5.71 Å². The van der Waals surface area contributed by atoms with Crippen LogP contribution in [0.2, 0.25) is 0 Å². The van der Waals surface area contributed by atoms with Crippen LogP contribution < -0.4 is 0 Å². The third-order valence-corrected chi connectivity index (χ3v) is 1.66. The van der Waals surface area contributed by atoms with Crippen LogP contribution in [0.4, 0.5) is 4.39 Å². The van der Waals surface area contributed by atoms with Crippen molar-refractivity contribution in [1.29, 1.82) is 0 Å². The second-order valence-electron chi connectivity index (χ2n) is 2.56. The molecule has 0 fully saturated rings. The van der Waals surface area contributed by atoms with Crippen molar-refractivity contribution in [3.05, 3.63) is 35.9 Å². The molecule has 0 radical (unpaired) electrons. The molecule has 0 aliphatic heterocycles. The molecule has 0 aromatic heterocycles. The van der Waals surface area contributed by atoms with Gasteiger partial charge in [-0.05, 0) is 5.56 Å². The second kappa shape index (κ2) is 4.36. The van der Waals surface area contributed by atoms with E-state index in [4.69, 9.17) is 10.3 Å². The van der Waals surface area contributed by atoms with E-state index in [1.165, 1.54) is 12.1 Å². The standard InChI is InChI=1S/C9H8FNO3/c10-7(8(11-14)9(12)13)6-4-2-1-3-5-6/h1-5,7,14H,(H,12,13)/b11-8-. The number of hydrogen-bond donors (Lipinski definition) is 2. The first kappa shape index (κ1) is 10.2. The first-order chi connectivity index (χ1) is 6.66. The first-order valence-electron chi connectivity index (χ1n) is 3.81. The van der Waals surface area contributed by atoms with Gasteiger partial charge in [0.15, 0.2) is 6.17 Å². The summed E-state index contributed by atoms with van der Waals surface area (Å²) in [4.78, 5) is 10.4. The van der Waals surface area contributed by atoms with Crippen molar-refractivity contribution in [3.63, 3.8) is 0 Å². The van der Waals surface area contributed by atoms with Gasteiger partial charge in [0.05, 0.1) is 0 Å². The number of alkyl halides is 1. The normalized spacial score (nSPS) is 13.6. The quantitative estimate of drug-likeness (QED) is 0.439. The van der Waals surface area contributed by atoms with E-state index in [2.05, 4.69) is 5.16 Å². The smallest absolute Gasteiger partial charge is 0.357 e. The zero-order valence-electron chi connectivity index (χ0n) is 7.09. The number of carbonyl (C=O) groups is 1. The van der Waals surface area contributed by atoms with E-state index in [1.807, 2.05) is 0 Å². The van der Waals surface area contributed by atoms with E-state index >= 15 is 0 Å². The van der Waals surface area contributed by atoms with Crippen LogP contribution in [-0.4, -0.2) is 22.0 Å². The van der Waals surface area contributed by atoms with Gasteiger partial charge in [0.25, 0.3) is 0 Å². The summed E-state index contributed by atoms with van der Waals surface area (Å²) in [6.45, 7) is 0. The fraction of sp³-hybridized carbons (Fsp3) is 0.111. The number of carboxylic acid groups (broad SMARTS) is 1. The van der Waals surface area contributed by atoms with Crippen molar-refractivity contribution in [2.75, 3.05) is 0 Å². The van der Waals surface area contributed by atoms with Crippen molar-refractivity contribution in [2.45, 2.75) is 6.17 Å². The molecule has 1 unspecified atom stereocenters. The van der Waals surface area contributed by atoms with E-state index in [0.29, 0.717) is 0 Å². The van der Waals surface area contributed by atoms with E-state index in [-0.39, 0.29) is 5.56 Å². The molecule has 0 amide bonds. The monoisotopic (exact) mass is 197 g/mol. The number of halogens is 1. The molecule has 0 saturated carbocycles. The van der Waals surface area contributed by atoms with Crippen molar-refractivity contribution in [2.24, 2.45) is 5.16 Å². The number of hydrogen-bond acceptors (Lipinski definition) is 3. The summed E-state index contributed by atoms with van der Waals surface area (Å²) in [5, 5.41) is 19.2. The number of aliphatic carboxylic acids is 1. The molecule has 5 heteroatoms. The fourth-order valence-corrected chi connectivity index (χ4v) is 0.982. The molecule has 0 heterocycles. The molecule has 2 N–H and O–H groups in total. The molecule has 0 saturated heterocycles. The molecule has 0 aliphatic rings. The van der Waals surface area contributed by atoms with Crippen LogP contribution in [0.3, 0.4) is 0 Å². The van der Waals surface area contributed by atoms with Gasteiger partial charge in [0, 0.05) is 0 Å². The lowest BCUT2D eigenvalue weighted by molar-refractivity contribution is -0.129. The summed E-state index contributed by atoms with van der Waals surface area (Å²) in [5.41, 5.74) is -0.779. The number of benzene rings is 1. The fourth-order valence-electron chi connectivity index (χ4n) is 0.982. The Kier molecular flexibility index (Phi) is 3.17. The average molecular weight is 197 g/mol. The Hall–Kier alpha value is -1.91. The Morgan fingerprint density at radius 3 is 2.36 bits per heavy atom. The van der Waals surface area contributed by atoms with E-state index < -0.39 is 17.9 Å². The molecular weight excluding hydrogens is 189 g/mol. The maximum Gasteiger partial charge on any atom is 0.357 e. The zero-order valence-corrected chi connectivity index (χ0v) is 7.09. The largest absolute Gasteiger partial charge is 0.477 e. The van der Waals surface area contributed by atoms with Crippen LogP contribution in [0.1, 0.15) is 11.7 Å². The number of nitrogens with zero attached hydrogens (tertiary/aromatic N) is 1. The van der Waals surface area contributed by atoms with Gasteiger partial charge in [-0.1, -0.05) is 35.5 Å². The molecule has 1 atom stereocenters. The molecule has 0 aliphatic carbocycles. The van der Waals surface area contributed by atoms with Gasteiger partial charge in [-0.15, -0.1) is 0 Å². The van der Waals surface area contributed by atoms with Crippen LogP contribution >= 0.6 is 0 Å². The number of carboxylic acids is 1. The van der Waals surface area contributed by atoms with E-state index in [1.54, 1.807) is 18.2 Å². The van der Waals surface area contributed by atoms with Crippen LogP contribution in [0.5, 0.6) is 0 Å². The molecule has 4 nitrogen and oxygen atoms in total. The van der Waals surface area contributed by atoms with Crippen molar-refractivity contribution in [1.82, 2.24) is 0 Å². The summed E-state index contributed by atoms with van der Waals surface area (Å²) in [6, 6.07) is 7.64. The molecule has 1 rings (SSSR count). The number of oxime groups is 1. The highest BCUT2D eigenvalue weighted by Crippen LogP contribution is 2.18. The third kappa shape index (κ3) is 2.07. The topological polar surface area (TPSA) is 69.9 Å². The third-order valence-electron chi connectivity index (χ3n) is 1.66. The Balaban J connectivity index is 2.96. The number of rotatable bonds is 3. The van der Waals surface area contributed by atoms with Gasteiger partial charge >= 0.3 is 5.97 Å². The van der Waals surface area contributed by atoms with Crippen LogP contribution in [-0.2, 0) is 4.79 Å². The highest BCUT2D eigenvalue weighted by molar-refractivity contribution is 6.37. The summed E-state index contributed by atoms with van der Waals surface area (Å²) >= 11 is 0. The Bertz CT molecular complexity index is 350. The maximum absolute atomic E-state index is 13.4. The van der Waals surface area contributed by atoms with Crippen molar-refractivity contribution >= 4 is 11.7 Å². The maximum atomic E-state index is 13.4. The van der Waals surface area contributed by atoms with Gasteiger partial charge in [-0.2, -0.15) is 0 Å². The molecule has 0 spiro atoms. The molecule has 1 aromatic carbocycles. The van der Waals surface area contributed by atoms with E-state index in [0.717, 1.165) is 0 Å². The molecule has 14 heavy (non-hydrogen) atoms. The minimum Gasteiger partial charge on any atom is -0.477 e. The Labute approximate surface area is 79.3 Å². The van der Waals surface area contributed by atoms with Crippen LogP contribution in [0.15, 0.2) is 35.5 Å². The lowest BCUT2D eigenvalue weighted by atomic mass is 10.1. The first-order valence-corrected chi connectivity index (χ1v) is 3.81. The van der Waals surface area contributed by atoms with Crippen molar-refractivity contribution < 1.29 is 19.5 Å². The van der Waals surface area contributed by atoms with Crippen molar-refractivity contribution in [3.8, 4) is 0 Å². The van der Waals surface area contributed by atoms with Gasteiger partial charge in [-0.3, -0.25) is 0 Å². The highest BCUT2D eigenvalue weighted by atomic mass is 19.1. The molecule has 0 bridgehead atoms. The summed E-state index contributed by atoms with van der Waals surface area (Å²) < 4.78 is 13.4. The second-order valence-corrected chi connectivity index (χ2v) is 2.56. The highest BCUT2D eigenvalue weighted by Gasteiger charge is 2.24. The van der Waals surface area contributed by atoms with E-state index in [9.17, 15) is 9.18 Å². The average Bonchev–Trinajstić information content (AvgIpc) is 2.19. The molecule has 1 aromatic rings. The van der Waals surface area contributed by atoms with Gasteiger partial charge in [-0.25, -0.2) is 9.18 Å². The summed E-state index contributed by atoms with van der Waals surface area (Å²) in [7, 11) is 0. The van der Waals surface area contributed by atoms with Crippen LogP contribution in [0.25, 0.3) is 0 Å². The zero-order chi connectivity index (χ0) is 10.6. The minimum atomic E-state index is -1.92. The predicted molar refractivity (Wildman–Crippen MR) is 47.1 cm³/mol. The lowest BCUT2D eigenvalue weighted by Gasteiger charge is -2.05. The Morgan fingerprint density at radius 2 is 1.93 bits per heavy atom. The summed E-state index contributed by atoms with van der Waals surface area (Å²) in [5.74, 6) is -1.58. The lowest BCUT2D eigenvalue weighted by Crippen LogP contribution is -2.19. The molecular formula is C9H8FNO3.